The summed E-state index contributed by atoms with van der Waals surface area (Å²) in [4.78, 5) is 28.0. The van der Waals surface area contributed by atoms with E-state index in [9.17, 15) is 9.59 Å². The molecule has 2 rings (SSSR count). The maximum Gasteiger partial charge on any atom is 0.243 e. The fraction of sp³-hybridized carbons (Fsp3) is 0.481. The van der Waals surface area contributed by atoms with E-state index in [4.69, 9.17) is 4.74 Å². The number of hydrogen-bond donors (Lipinski definition) is 1. The lowest BCUT2D eigenvalue weighted by Crippen LogP contribution is -2.50. The van der Waals surface area contributed by atoms with Crippen LogP contribution in [0.2, 0.25) is 0 Å². The Morgan fingerprint density at radius 1 is 1.00 bits per heavy atom. The van der Waals surface area contributed by atoms with Crippen LogP contribution in [0, 0.1) is 13.8 Å². The molecule has 0 radical (unpaired) electrons. The second-order valence-electron chi connectivity index (χ2n) is 8.46. The molecule has 0 saturated heterocycles. The van der Waals surface area contributed by atoms with Crippen molar-refractivity contribution in [2.75, 3.05) is 6.61 Å². The van der Waals surface area contributed by atoms with E-state index in [0.717, 1.165) is 23.3 Å². The lowest BCUT2D eigenvalue weighted by atomic mass is 10.0. The number of nitrogens with zero attached hydrogens (tertiary/aromatic N) is 1. The minimum atomic E-state index is -0.492. The quantitative estimate of drug-likeness (QED) is 0.464. The first kappa shape index (κ1) is 25.4. The van der Waals surface area contributed by atoms with Crippen molar-refractivity contribution in [3.8, 4) is 5.75 Å². The van der Waals surface area contributed by atoms with Crippen LogP contribution in [0.1, 0.15) is 63.1 Å². The molecule has 5 nitrogen and oxygen atoms in total. The lowest BCUT2D eigenvalue weighted by molar-refractivity contribution is -0.141. The molecule has 0 saturated carbocycles. The summed E-state index contributed by atoms with van der Waals surface area (Å²) in [5, 5.41) is 3.05. The molecule has 0 aliphatic carbocycles. The number of amides is 2. The van der Waals surface area contributed by atoms with Gasteiger partial charge in [0, 0.05) is 19.0 Å². The predicted molar refractivity (Wildman–Crippen MR) is 130 cm³/mol. The maximum atomic E-state index is 13.3. The second-order valence-corrected chi connectivity index (χ2v) is 8.46. The van der Waals surface area contributed by atoms with Crippen LogP contribution in [0.25, 0.3) is 0 Å². The summed E-state index contributed by atoms with van der Waals surface area (Å²) in [6.07, 6.45) is 2.36. The van der Waals surface area contributed by atoms with Gasteiger partial charge in [-0.3, -0.25) is 9.59 Å². The molecule has 0 spiro atoms. The van der Waals surface area contributed by atoms with Crippen LogP contribution in [-0.2, 0) is 16.1 Å². The Hall–Kier alpha value is -2.82. The third-order valence-corrected chi connectivity index (χ3v) is 5.81. The SMILES string of the molecule is CC[C@@H](C)NC(=O)[C@H](CC)N(Cc1ccccc1C)C(=O)CCCOc1ccc(C)cc1. The third-order valence-electron chi connectivity index (χ3n) is 5.81. The van der Waals surface area contributed by atoms with Crippen molar-refractivity contribution >= 4 is 11.8 Å². The average molecular weight is 439 g/mol. The zero-order valence-corrected chi connectivity index (χ0v) is 20.2. The van der Waals surface area contributed by atoms with Crippen molar-refractivity contribution in [2.24, 2.45) is 0 Å². The van der Waals surface area contributed by atoms with Crippen molar-refractivity contribution in [1.29, 1.82) is 0 Å². The number of rotatable bonds is 12. The normalized spacial score (nSPS) is 12.7. The van der Waals surface area contributed by atoms with Crippen LogP contribution < -0.4 is 10.1 Å². The minimum absolute atomic E-state index is 0.0214. The molecule has 0 aliphatic heterocycles. The Bertz CT molecular complexity index is 863. The number of benzene rings is 2. The number of ether oxygens (including phenoxy) is 1. The summed E-state index contributed by atoms with van der Waals surface area (Å²) in [6, 6.07) is 15.5. The first-order valence-corrected chi connectivity index (χ1v) is 11.7. The van der Waals surface area contributed by atoms with Gasteiger partial charge < -0.3 is 15.0 Å². The molecule has 0 bridgehead atoms. The summed E-state index contributed by atoms with van der Waals surface area (Å²) in [6.45, 7) is 10.9. The van der Waals surface area contributed by atoms with Gasteiger partial charge in [-0.25, -0.2) is 0 Å². The highest BCUT2D eigenvalue weighted by molar-refractivity contribution is 5.87. The van der Waals surface area contributed by atoms with Gasteiger partial charge in [-0.2, -0.15) is 0 Å². The molecule has 174 valence electrons. The molecule has 2 atom stereocenters. The molecular weight excluding hydrogens is 400 g/mol. The molecule has 0 fully saturated rings. The first-order valence-electron chi connectivity index (χ1n) is 11.7. The van der Waals surface area contributed by atoms with Gasteiger partial charge in [0.2, 0.25) is 11.8 Å². The predicted octanol–water partition coefficient (Wildman–Crippen LogP) is 5.18. The molecule has 32 heavy (non-hydrogen) atoms. The van der Waals surface area contributed by atoms with E-state index in [1.807, 2.05) is 83.1 Å². The van der Waals surface area contributed by atoms with Gasteiger partial charge in [-0.05, 0) is 63.3 Å². The van der Waals surface area contributed by atoms with Crippen molar-refractivity contribution in [2.45, 2.75) is 78.9 Å². The third kappa shape index (κ3) is 7.70. The van der Waals surface area contributed by atoms with Gasteiger partial charge in [-0.15, -0.1) is 0 Å². The Morgan fingerprint density at radius 3 is 2.31 bits per heavy atom. The summed E-state index contributed by atoms with van der Waals surface area (Å²) in [5.74, 6) is 0.700. The van der Waals surface area contributed by atoms with Gasteiger partial charge >= 0.3 is 0 Å². The Morgan fingerprint density at radius 2 is 1.69 bits per heavy atom. The molecule has 2 aromatic rings. The number of nitrogens with one attached hydrogen (secondary N) is 1. The lowest BCUT2D eigenvalue weighted by Gasteiger charge is -2.32. The van der Waals surface area contributed by atoms with E-state index in [0.29, 0.717) is 32.4 Å². The van der Waals surface area contributed by atoms with Gasteiger partial charge in [-0.1, -0.05) is 55.8 Å². The van der Waals surface area contributed by atoms with Crippen molar-refractivity contribution in [1.82, 2.24) is 10.2 Å². The van der Waals surface area contributed by atoms with Gasteiger partial charge in [0.1, 0.15) is 11.8 Å². The molecule has 0 heterocycles. The highest BCUT2D eigenvalue weighted by atomic mass is 16.5. The van der Waals surface area contributed by atoms with Gasteiger partial charge in [0.05, 0.1) is 6.61 Å². The molecule has 2 aromatic carbocycles. The zero-order chi connectivity index (χ0) is 23.5. The zero-order valence-electron chi connectivity index (χ0n) is 20.2. The van der Waals surface area contributed by atoms with Crippen molar-refractivity contribution < 1.29 is 14.3 Å². The fourth-order valence-electron chi connectivity index (χ4n) is 3.52. The molecule has 5 heteroatoms. The Kier molecular flexibility index (Phi) is 10.3. The van der Waals surface area contributed by atoms with Gasteiger partial charge in [0.25, 0.3) is 0 Å². The van der Waals surface area contributed by atoms with E-state index in [2.05, 4.69) is 5.32 Å². The number of carbonyl (C=O) groups is 2. The molecular formula is C27H38N2O3. The maximum absolute atomic E-state index is 13.3. The van der Waals surface area contributed by atoms with Crippen LogP contribution in [0.4, 0.5) is 0 Å². The van der Waals surface area contributed by atoms with Crippen LogP contribution in [0.15, 0.2) is 48.5 Å². The highest BCUT2D eigenvalue weighted by Crippen LogP contribution is 2.18. The monoisotopic (exact) mass is 438 g/mol. The molecule has 2 amide bonds. The van der Waals surface area contributed by atoms with Gasteiger partial charge in [0.15, 0.2) is 0 Å². The molecule has 0 aromatic heterocycles. The summed E-state index contributed by atoms with van der Waals surface area (Å²) in [5.41, 5.74) is 3.36. The minimum Gasteiger partial charge on any atom is -0.494 e. The smallest absolute Gasteiger partial charge is 0.243 e. The summed E-state index contributed by atoms with van der Waals surface area (Å²) < 4.78 is 5.78. The van der Waals surface area contributed by atoms with E-state index in [-0.39, 0.29) is 17.9 Å². The average Bonchev–Trinajstić information content (AvgIpc) is 2.78. The number of hydrogen-bond acceptors (Lipinski definition) is 3. The van der Waals surface area contributed by atoms with Crippen LogP contribution in [-0.4, -0.2) is 35.4 Å². The topological polar surface area (TPSA) is 58.6 Å². The second kappa shape index (κ2) is 12.9. The van der Waals surface area contributed by atoms with Crippen molar-refractivity contribution in [3.63, 3.8) is 0 Å². The molecule has 0 aliphatic rings. The fourth-order valence-corrected chi connectivity index (χ4v) is 3.52. The largest absolute Gasteiger partial charge is 0.494 e. The Labute approximate surface area is 193 Å². The van der Waals surface area contributed by atoms with E-state index < -0.39 is 6.04 Å². The van der Waals surface area contributed by atoms with Crippen LogP contribution >= 0.6 is 0 Å². The number of carbonyl (C=O) groups excluding carboxylic acids is 2. The van der Waals surface area contributed by atoms with Crippen LogP contribution in [0.3, 0.4) is 0 Å². The molecule has 0 unspecified atom stereocenters. The van der Waals surface area contributed by atoms with E-state index >= 15 is 0 Å². The standard InChI is InChI=1S/C27H38N2O3/c1-6-22(5)28-27(31)25(7-2)29(19-23-12-9-8-11-21(23)4)26(30)13-10-18-32-24-16-14-20(3)15-17-24/h8-9,11-12,14-17,22,25H,6-7,10,13,18-19H2,1-5H3,(H,28,31)/t22-,25+/m1/s1. The Balaban J connectivity index is 2.07. The summed E-state index contributed by atoms with van der Waals surface area (Å²) >= 11 is 0. The first-order chi connectivity index (χ1) is 15.3. The highest BCUT2D eigenvalue weighted by Gasteiger charge is 2.29. The molecule has 1 N–H and O–H groups in total. The van der Waals surface area contributed by atoms with E-state index in [1.54, 1.807) is 4.90 Å². The van der Waals surface area contributed by atoms with Crippen LogP contribution in [0.5, 0.6) is 5.75 Å². The van der Waals surface area contributed by atoms with E-state index in [1.165, 1.54) is 5.56 Å². The summed E-state index contributed by atoms with van der Waals surface area (Å²) in [7, 11) is 0. The van der Waals surface area contributed by atoms with Crippen molar-refractivity contribution in [3.05, 3.63) is 65.2 Å². The number of aryl methyl sites for hydroxylation is 2.